The zero-order valence-electron chi connectivity index (χ0n) is 12.3. The molecule has 1 aliphatic rings. The Balaban J connectivity index is 1.84. The van der Waals surface area contributed by atoms with E-state index in [-0.39, 0.29) is 18.4 Å². The van der Waals surface area contributed by atoms with Gasteiger partial charge in [0.2, 0.25) is 5.91 Å². The van der Waals surface area contributed by atoms with Gasteiger partial charge in [-0.2, -0.15) is 0 Å². The van der Waals surface area contributed by atoms with Crippen LogP contribution in [0.15, 0.2) is 28.7 Å². The molecule has 1 amide bonds. The number of rotatable bonds is 6. The molecule has 1 N–H and O–H groups in total. The van der Waals surface area contributed by atoms with Gasteiger partial charge in [-0.1, -0.05) is 28.1 Å². The molecular weight excluding hydrogens is 350 g/mol. The SMILES string of the molecule is O=C(O)CCCCC(=O)N1CCOC(c2cccc(Br)c2)C1. The molecule has 22 heavy (non-hydrogen) atoms. The van der Waals surface area contributed by atoms with Crippen molar-refractivity contribution in [3.8, 4) is 0 Å². The molecular formula is C16H20BrNO4. The smallest absolute Gasteiger partial charge is 0.303 e. The van der Waals surface area contributed by atoms with Gasteiger partial charge in [0.15, 0.2) is 0 Å². The standard InChI is InChI=1S/C16H20BrNO4/c17-13-5-3-4-12(10-13)14-11-18(8-9-22-14)15(19)6-1-2-7-16(20)21/h3-5,10,14H,1-2,6-9,11H2,(H,20,21). The number of amides is 1. The number of carboxylic acids is 1. The van der Waals surface area contributed by atoms with Crippen molar-refractivity contribution in [2.75, 3.05) is 19.7 Å². The molecule has 0 radical (unpaired) electrons. The van der Waals surface area contributed by atoms with Crippen molar-refractivity contribution in [2.45, 2.75) is 31.8 Å². The summed E-state index contributed by atoms with van der Waals surface area (Å²) in [4.78, 5) is 24.5. The fraction of sp³-hybridized carbons (Fsp3) is 0.500. The summed E-state index contributed by atoms with van der Waals surface area (Å²) in [6.45, 7) is 1.68. The zero-order chi connectivity index (χ0) is 15.9. The van der Waals surface area contributed by atoms with Gasteiger partial charge in [-0.25, -0.2) is 0 Å². The summed E-state index contributed by atoms with van der Waals surface area (Å²) >= 11 is 3.44. The number of benzene rings is 1. The first kappa shape index (κ1) is 17.0. The molecule has 1 aliphatic heterocycles. The van der Waals surface area contributed by atoms with E-state index in [4.69, 9.17) is 9.84 Å². The van der Waals surface area contributed by atoms with E-state index in [2.05, 4.69) is 15.9 Å². The Hall–Kier alpha value is -1.40. The molecule has 1 aromatic rings. The Labute approximate surface area is 138 Å². The molecule has 0 aliphatic carbocycles. The second-order valence-electron chi connectivity index (χ2n) is 5.36. The molecule has 0 bridgehead atoms. The average Bonchev–Trinajstić information content (AvgIpc) is 2.51. The zero-order valence-corrected chi connectivity index (χ0v) is 13.9. The lowest BCUT2D eigenvalue weighted by Gasteiger charge is -2.33. The summed E-state index contributed by atoms with van der Waals surface area (Å²) in [7, 11) is 0. The Morgan fingerprint density at radius 1 is 1.32 bits per heavy atom. The average molecular weight is 370 g/mol. The molecule has 1 heterocycles. The predicted molar refractivity (Wildman–Crippen MR) is 85.5 cm³/mol. The molecule has 1 aromatic carbocycles. The number of morpholine rings is 1. The summed E-state index contributed by atoms with van der Waals surface area (Å²) in [5.74, 6) is -0.734. The van der Waals surface area contributed by atoms with Crippen LogP contribution in [0.2, 0.25) is 0 Å². The highest BCUT2D eigenvalue weighted by molar-refractivity contribution is 9.10. The van der Waals surface area contributed by atoms with E-state index in [1.54, 1.807) is 0 Å². The van der Waals surface area contributed by atoms with Crippen LogP contribution in [0.3, 0.4) is 0 Å². The van der Waals surface area contributed by atoms with Crippen LogP contribution in [-0.2, 0) is 14.3 Å². The van der Waals surface area contributed by atoms with Gasteiger partial charge in [-0.05, 0) is 30.5 Å². The summed E-state index contributed by atoms with van der Waals surface area (Å²) < 4.78 is 6.76. The van der Waals surface area contributed by atoms with Crippen LogP contribution in [0, 0.1) is 0 Å². The van der Waals surface area contributed by atoms with E-state index in [1.165, 1.54) is 0 Å². The monoisotopic (exact) mass is 369 g/mol. The summed E-state index contributed by atoms with van der Waals surface area (Å²) in [5, 5.41) is 8.59. The number of unbranched alkanes of at least 4 members (excludes halogenated alkanes) is 1. The molecule has 5 nitrogen and oxygen atoms in total. The van der Waals surface area contributed by atoms with Crippen LogP contribution >= 0.6 is 15.9 Å². The number of aliphatic carboxylic acids is 1. The van der Waals surface area contributed by atoms with Crippen molar-refractivity contribution < 1.29 is 19.4 Å². The number of hydrogen-bond donors (Lipinski definition) is 1. The number of carbonyl (C=O) groups is 2. The third-order valence-electron chi connectivity index (χ3n) is 3.67. The quantitative estimate of drug-likeness (QED) is 0.782. The van der Waals surface area contributed by atoms with E-state index in [0.29, 0.717) is 39.0 Å². The lowest BCUT2D eigenvalue weighted by atomic mass is 10.1. The number of hydrogen-bond acceptors (Lipinski definition) is 3. The minimum Gasteiger partial charge on any atom is -0.481 e. The molecule has 1 fully saturated rings. The highest BCUT2D eigenvalue weighted by Crippen LogP contribution is 2.25. The summed E-state index contributed by atoms with van der Waals surface area (Å²) in [6.07, 6.45) is 1.58. The maximum absolute atomic E-state index is 12.2. The van der Waals surface area contributed by atoms with Gasteiger partial charge in [-0.15, -0.1) is 0 Å². The minimum atomic E-state index is -0.812. The van der Waals surface area contributed by atoms with Gasteiger partial charge in [0.05, 0.1) is 13.2 Å². The highest BCUT2D eigenvalue weighted by Gasteiger charge is 2.25. The van der Waals surface area contributed by atoms with Gasteiger partial charge < -0.3 is 14.7 Å². The van der Waals surface area contributed by atoms with Crippen molar-refractivity contribution >= 4 is 27.8 Å². The third kappa shape index (κ3) is 5.10. The molecule has 2 rings (SSSR count). The largest absolute Gasteiger partial charge is 0.481 e. The molecule has 1 unspecified atom stereocenters. The molecule has 0 spiro atoms. The van der Waals surface area contributed by atoms with E-state index in [9.17, 15) is 9.59 Å². The van der Waals surface area contributed by atoms with Crippen molar-refractivity contribution in [1.82, 2.24) is 4.90 Å². The number of halogens is 1. The van der Waals surface area contributed by atoms with Gasteiger partial charge >= 0.3 is 5.97 Å². The number of carbonyl (C=O) groups excluding carboxylic acids is 1. The molecule has 1 atom stereocenters. The van der Waals surface area contributed by atoms with Crippen LogP contribution in [0.1, 0.15) is 37.4 Å². The summed E-state index contributed by atoms with van der Waals surface area (Å²) in [6, 6.07) is 7.91. The van der Waals surface area contributed by atoms with Crippen LogP contribution < -0.4 is 0 Å². The van der Waals surface area contributed by atoms with Crippen LogP contribution in [0.4, 0.5) is 0 Å². The third-order valence-corrected chi connectivity index (χ3v) is 4.16. The second kappa shape index (κ2) is 8.29. The van der Waals surface area contributed by atoms with Crippen LogP contribution in [0.5, 0.6) is 0 Å². The van der Waals surface area contributed by atoms with Crippen LogP contribution in [0.25, 0.3) is 0 Å². The van der Waals surface area contributed by atoms with E-state index < -0.39 is 5.97 Å². The maximum Gasteiger partial charge on any atom is 0.303 e. The van der Waals surface area contributed by atoms with Crippen molar-refractivity contribution in [1.29, 1.82) is 0 Å². The Morgan fingerprint density at radius 2 is 2.09 bits per heavy atom. The number of ether oxygens (including phenoxy) is 1. The van der Waals surface area contributed by atoms with E-state index >= 15 is 0 Å². The Bertz CT molecular complexity index is 535. The Morgan fingerprint density at radius 3 is 2.82 bits per heavy atom. The van der Waals surface area contributed by atoms with Gasteiger partial charge in [0, 0.05) is 23.9 Å². The van der Waals surface area contributed by atoms with E-state index in [0.717, 1.165) is 10.0 Å². The fourth-order valence-electron chi connectivity index (χ4n) is 2.49. The van der Waals surface area contributed by atoms with Gasteiger partial charge in [0.25, 0.3) is 0 Å². The normalized spacial score (nSPS) is 18.2. The fourth-order valence-corrected chi connectivity index (χ4v) is 2.91. The Kier molecular flexibility index (Phi) is 6.39. The molecule has 0 saturated carbocycles. The first-order chi connectivity index (χ1) is 10.6. The highest BCUT2D eigenvalue weighted by atomic mass is 79.9. The summed E-state index contributed by atoms with van der Waals surface area (Å²) in [5.41, 5.74) is 1.05. The van der Waals surface area contributed by atoms with Gasteiger partial charge in [-0.3, -0.25) is 9.59 Å². The molecule has 1 saturated heterocycles. The first-order valence-electron chi connectivity index (χ1n) is 7.43. The maximum atomic E-state index is 12.2. The lowest BCUT2D eigenvalue weighted by Crippen LogP contribution is -2.42. The molecule has 0 aromatic heterocycles. The van der Waals surface area contributed by atoms with Crippen molar-refractivity contribution in [3.63, 3.8) is 0 Å². The second-order valence-corrected chi connectivity index (χ2v) is 6.27. The molecule has 120 valence electrons. The van der Waals surface area contributed by atoms with Crippen molar-refractivity contribution in [2.24, 2.45) is 0 Å². The first-order valence-corrected chi connectivity index (χ1v) is 8.22. The number of carboxylic acid groups (broad SMARTS) is 1. The minimum absolute atomic E-state index is 0.0775. The lowest BCUT2D eigenvalue weighted by molar-refractivity contribution is -0.140. The predicted octanol–water partition coefficient (Wildman–Crippen LogP) is 2.99. The topological polar surface area (TPSA) is 66.8 Å². The van der Waals surface area contributed by atoms with Crippen LogP contribution in [-0.4, -0.2) is 41.6 Å². The van der Waals surface area contributed by atoms with E-state index in [1.807, 2.05) is 29.2 Å². The van der Waals surface area contributed by atoms with Crippen molar-refractivity contribution in [3.05, 3.63) is 34.3 Å². The molecule has 6 heteroatoms. The number of nitrogens with zero attached hydrogens (tertiary/aromatic N) is 1. The van der Waals surface area contributed by atoms with Gasteiger partial charge in [0.1, 0.15) is 6.10 Å².